The Balaban J connectivity index is 3.28. The first-order valence-electron chi connectivity index (χ1n) is 4.60. The molecule has 0 aliphatic heterocycles. The van der Waals surface area contributed by atoms with E-state index in [1.54, 1.807) is 0 Å². The van der Waals surface area contributed by atoms with Crippen molar-refractivity contribution in [2.75, 3.05) is 0 Å². The van der Waals surface area contributed by atoms with Crippen LogP contribution >= 0.6 is 0 Å². The smallest absolute Gasteiger partial charge is 0.0850 e. The van der Waals surface area contributed by atoms with Crippen molar-refractivity contribution in [2.45, 2.75) is 33.6 Å². The van der Waals surface area contributed by atoms with Crippen molar-refractivity contribution in [3.05, 3.63) is 28.8 Å². The molecule has 0 bridgehead atoms. The van der Waals surface area contributed by atoms with Crippen LogP contribution in [0.5, 0.6) is 0 Å². The first kappa shape index (κ1) is 9.37. The summed E-state index contributed by atoms with van der Waals surface area (Å²) >= 11 is 0. The van der Waals surface area contributed by atoms with E-state index in [9.17, 15) is 0 Å². The van der Waals surface area contributed by atoms with E-state index in [2.05, 4.69) is 47.7 Å². The molecule has 0 heterocycles. The average Bonchev–Trinajstić information content (AvgIpc) is 1.82. The van der Waals surface area contributed by atoms with E-state index >= 15 is 0 Å². The maximum absolute atomic E-state index is 2.27. The SMILES string of the molecule is Bc1cc(C)cc(C)c1C(C)C. The fourth-order valence-electron chi connectivity index (χ4n) is 2.10. The van der Waals surface area contributed by atoms with Gasteiger partial charge in [0.1, 0.15) is 7.85 Å². The van der Waals surface area contributed by atoms with Gasteiger partial charge in [-0.15, -0.1) is 0 Å². The Bertz CT molecular complexity index is 264. The van der Waals surface area contributed by atoms with Gasteiger partial charge in [-0.25, -0.2) is 0 Å². The van der Waals surface area contributed by atoms with Gasteiger partial charge in [-0.1, -0.05) is 37.0 Å². The quantitative estimate of drug-likeness (QED) is 0.548. The highest BCUT2D eigenvalue weighted by Gasteiger charge is 2.06. The second kappa shape index (κ2) is 3.34. The van der Waals surface area contributed by atoms with Crippen molar-refractivity contribution in [3.8, 4) is 0 Å². The lowest BCUT2D eigenvalue weighted by molar-refractivity contribution is 0.863. The van der Waals surface area contributed by atoms with Crippen LogP contribution < -0.4 is 5.46 Å². The first-order chi connectivity index (χ1) is 5.52. The van der Waals surface area contributed by atoms with E-state index in [4.69, 9.17) is 0 Å². The average molecular weight is 160 g/mol. The summed E-state index contributed by atoms with van der Waals surface area (Å²) in [4.78, 5) is 0. The zero-order valence-corrected chi connectivity index (χ0v) is 8.73. The maximum Gasteiger partial charge on any atom is 0.139 e. The lowest BCUT2D eigenvalue weighted by atomic mass is 9.82. The van der Waals surface area contributed by atoms with Crippen molar-refractivity contribution in [1.29, 1.82) is 0 Å². The normalized spacial score (nSPS) is 10.8. The summed E-state index contributed by atoms with van der Waals surface area (Å²) in [5, 5.41) is 0. The van der Waals surface area contributed by atoms with Crippen LogP contribution in [-0.4, -0.2) is 7.85 Å². The highest BCUT2D eigenvalue weighted by Crippen LogP contribution is 2.17. The molecule has 1 rings (SSSR count). The zero-order valence-electron chi connectivity index (χ0n) is 8.73. The van der Waals surface area contributed by atoms with Gasteiger partial charge in [0, 0.05) is 0 Å². The van der Waals surface area contributed by atoms with Gasteiger partial charge in [0.15, 0.2) is 0 Å². The molecule has 0 atom stereocenters. The molecule has 0 unspecified atom stereocenters. The van der Waals surface area contributed by atoms with E-state index in [1.807, 2.05) is 0 Å². The number of hydrogen-bond donors (Lipinski definition) is 0. The second-order valence-electron chi connectivity index (χ2n) is 3.97. The van der Waals surface area contributed by atoms with E-state index in [0.717, 1.165) is 0 Å². The molecule has 0 N–H and O–H groups in total. The molecule has 12 heavy (non-hydrogen) atoms. The molecule has 0 saturated heterocycles. The van der Waals surface area contributed by atoms with Crippen LogP contribution in [0.3, 0.4) is 0 Å². The summed E-state index contributed by atoms with van der Waals surface area (Å²) in [7, 11) is 2.20. The van der Waals surface area contributed by atoms with Gasteiger partial charge in [0.05, 0.1) is 0 Å². The molecule has 0 aliphatic rings. The highest BCUT2D eigenvalue weighted by atomic mass is 14.1. The molecule has 0 radical (unpaired) electrons. The summed E-state index contributed by atoms with van der Waals surface area (Å²) in [6.45, 7) is 8.87. The van der Waals surface area contributed by atoms with Crippen molar-refractivity contribution >= 4 is 13.3 Å². The minimum absolute atomic E-state index is 0.644. The third-order valence-corrected chi connectivity index (χ3v) is 2.32. The molecule has 1 heteroatoms. The molecule has 0 aromatic heterocycles. The largest absolute Gasteiger partial charge is 0.139 e. The molecule has 0 saturated carbocycles. The summed E-state index contributed by atoms with van der Waals surface area (Å²) in [6.07, 6.45) is 0. The van der Waals surface area contributed by atoms with E-state index in [1.165, 1.54) is 22.2 Å². The molecule has 0 fully saturated rings. The van der Waals surface area contributed by atoms with Gasteiger partial charge >= 0.3 is 0 Å². The Labute approximate surface area is 76.4 Å². The summed E-state index contributed by atoms with van der Waals surface area (Å²) in [5.41, 5.74) is 5.75. The predicted molar refractivity (Wildman–Crippen MR) is 58.2 cm³/mol. The molecule has 1 aromatic carbocycles. The van der Waals surface area contributed by atoms with Crippen LogP contribution in [-0.2, 0) is 0 Å². The predicted octanol–water partition coefficient (Wildman–Crippen LogP) is 1.69. The summed E-state index contributed by atoms with van der Waals surface area (Å²) < 4.78 is 0. The van der Waals surface area contributed by atoms with E-state index < -0.39 is 0 Å². The topological polar surface area (TPSA) is 0 Å². The van der Waals surface area contributed by atoms with Crippen LogP contribution in [0.15, 0.2) is 12.1 Å². The van der Waals surface area contributed by atoms with Crippen LogP contribution in [0.25, 0.3) is 0 Å². The molecule has 0 nitrogen and oxygen atoms in total. The molecular formula is C11H17B. The Hall–Kier alpha value is -0.715. The minimum Gasteiger partial charge on any atom is -0.0850 e. The third-order valence-electron chi connectivity index (χ3n) is 2.32. The molecule has 1 aromatic rings. The van der Waals surface area contributed by atoms with Gasteiger partial charge in [-0.3, -0.25) is 0 Å². The van der Waals surface area contributed by atoms with Crippen molar-refractivity contribution < 1.29 is 0 Å². The van der Waals surface area contributed by atoms with Gasteiger partial charge in [0.25, 0.3) is 0 Å². The standard InChI is InChI=1S/C11H17B/c1-7(2)11-9(4)5-8(3)6-10(11)12/h5-7H,12H2,1-4H3. The van der Waals surface area contributed by atoms with Gasteiger partial charge < -0.3 is 0 Å². The maximum atomic E-state index is 2.27. The molecule has 0 aliphatic carbocycles. The van der Waals surface area contributed by atoms with Crippen molar-refractivity contribution in [3.63, 3.8) is 0 Å². The number of hydrogen-bond acceptors (Lipinski definition) is 0. The van der Waals surface area contributed by atoms with Crippen molar-refractivity contribution in [1.82, 2.24) is 0 Å². The first-order valence-corrected chi connectivity index (χ1v) is 4.60. The zero-order chi connectivity index (χ0) is 9.30. The number of benzene rings is 1. The fourth-order valence-corrected chi connectivity index (χ4v) is 2.10. The molecule has 64 valence electrons. The van der Waals surface area contributed by atoms with Gasteiger partial charge in [-0.05, 0) is 30.9 Å². The molecule has 0 amide bonds. The third kappa shape index (κ3) is 1.71. The van der Waals surface area contributed by atoms with Crippen LogP contribution in [0.4, 0.5) is 0 Å². The van der Waals surface area contributed by atoms with Crippen LogP contribution in [0, 0.1) is 13.8 Å². The molecule has 0 spiro atoms. The Morgan fingerprint density at radius 1 is 1.17 bits per heavy atom. The lowest BCUT2D eigenvalue weighted by Crippen LogP contribution is -2.14. The Morgan fingerprint density at radius 3 is 2.17 bits per heavy atom. The fraction of sp³-hybridized carbons (Fsp3) is 0.455. The van der Waals surface area contributed by atoms with Gasteiger partial charge in [0.2, 0.25) is 0 Å². The summed E-state index contributed by atoms with van der Waals surface area (Å²) in [6, 6.07) is 4.53. The van der Waals surface area contributed by atoms with Gasteiger partial charge in [-0.2, -0.15) is 0 Å². The second-order valence-corrected chi connectivity index (χ2v) is 3.97. The summed E-state index contributed by atoms with van der Waals surface area (Å²) in [5.74, 6) is 0.644. The van der Waals surface area contributed by atoms with Crippen LogP contribution in [0.1, 0.15) is 36.5 Å². The van der Waals surface area contributed by atoms with E-state index in [-0.39, 0.29) is 0 Å². The number of rotatable bonds is 1. The van der Waals surface area contributed by atoms with Crippen molar-refractivity contribution in [2.24, 2.45) is 0 Å². The number of aryl methyl sites for hydroxylation is 2. The molecular weight excluding hydrogens is 143 g/mol. The monoisotopic (exact) mass is 160 g/mol. The lowest BCUT2D eigenvalue weighted by Gasteiger charge is -2.14. The minimum atomic E-state index is 0.644. The Morgan fingerprint density at radius 2 is 1.75 bits per heavy atom. The Kier molecular flexibility index (Phi) is 2.61. The van der Waals surface area contributed by atoms with E-state index in [0.29, 0.717) is 5.92 Å². The van der Waals surface area contributed by atoms with Crippen LogP contribution in [0.2, 0.25) is 0 Å². The highest BCUT2D eigenvalue weighted by molar-refractivity contribution is 6.33.